The number of para-hydroxylation sites is 2. The van der Waals surface area contributed by atoms with Gasteiger partial charge in [0.1, 0.15) is 0 Å². The highest BCUT2D eigenvalue weighted by Gasteiger charge is 2.34. The van der Waals surface area contributed by atoms with Gasteiger partial charge in [0.25, 0.3) is 0 Å². The van der Waals surface area contributed by atoms with Gasteiger partial charge in [-0.15, -0.1) is 0 Å². The minimum Gasteiger partial charge on any atom is -0.309 e. The number of aromatic nitrogens is 2. The maximum absolute atomic E-state index is 14.7. The molecule has 2 aromatic heterocycles. The molecule has 0 aliphatic rings. The molecule has 0 aliphatic heterocycles. The lowest BCUT2D eigenvalue weighted by atomic mass is 9.89. The van der Waals surface area contributed by atoms with Gasteiger partial charge in [-0.05, 0) is 102 Å². The van der Waals surface area contributed by atoms with E-state index in [-0.39, 0.29) is 5.56 Å². The predicted molar refractivity (Wildman–Crippen MR) is 211 cm³/mol. The molecule has 0 aliphatic carbocycles. The van der Waals surface area contributed by atoms with Gasteiger partial charge in [0, 0.05) is 27.3 Å². The summed E-state index contributed by atoms with van der Waals surface area (Å²) in [5.41, 5.74) is 7.04. The fourth-order valence-corrected chi connectivity index (χ4v) is 8.07. The van der Waals surface area contributed by atoms with Crippen LogP contribution in [-0.4, -0.2) is 9.13 Å². The van der Waals surface area contributed by atoms with E-state index in [0.717, 1.165) is 49.7 Å². The zero-order valence-electron chi connectivity index (χ0n) is 29.1. The van der Waals surface area contributed by atoms with Crippen molar-refractivity contribution < 1.29 is 13.2 Å². The predicted octanol–water partition coefficient (Wildman–Crippen LogP) is 12.8. The Labute approximate surface area is 313 Å². The van der Waals surface area contributed by atoms with E-state index in [0.29, 0.717) is 50.4 Å². The van der Waals surface area contributed by atoms with E-state index in [1.165, 1.54) is 6.07 Å². The molecule has 55 heavy (non-hydrogen) atoms. The van der Waals surface area contributed by atoms with Crippen LogP contribution < -0.4 is 0 Å². The SMILES string of the molecule is [C-]#[N+]c1ccc2c(c1)c1ccccc1n2-c1ccc(-c2c(C)cccc2C(F)(F)F)cc1-c1c(C#N)cccc1-n1c2ccccc2c2cc(C#N)ccc21. The van der Waals surface area contributed by atoms with Crippen molar-refractivity contribution in [2.75, 3.05) is 0 Å². The maximum Gasteiger partial charge on any atom is 0.417 e. The Morgan fingerprint density at radius 2 is 1.22 bits per heavy atom. The number of nitriles is 2. The van der Waals surface area contributed by atoms with Crippen molar-refractivity contribution in [3.05, 3.63) is 173 Å². The fourth-order valence-electron chi connectivity index (χ4n) is 8.07. The van der Waals surface area contributed by atoms with E-state index in [1.54, 1.807) is 49.4 Å². The molecule has 7 aromatic carbocycles. The number of hydrogen-bond donors (Lipinski definition) is 0. The fraction of sp³-hybridized carbons (Fsp3) is 0.0426. The van der Waals surface area contributed by atoms with Gasteiger partial charge in [0.05, 0.1) is 68.8 Å². The minimum atomic E-state index is -4.62. The molecule has 0 saturated heterocycles. The average molecular weight is 718 g/mol. The number of alkyl halides is 3. The first-order chi connectivity index (χ1) is 26.7. The summed E-state index contributed by atoms with van der Waals surface area (Å²) >= 11 is 0. The number of fused-ring (bicyclic) bond motifs is 6. The van der Waals surface area contributed by atoms with Gasteiger partial charge in [-0.2, -0.15) is 23.7 Å². The number of hydrogen-bond acceptors (Lipinski definition) is 2. The van der Waals surface area contributed by atoms with Crippen molar-refractivity contribution in [1.29, 1.82) is 10.5 Å². The summed E-state index contributed by atoms with van der Waals surface area (Å²) in [6, 6.07) is 46.2. The molecule has 260 valence electrons. The molecule has 2 heterocycles. The van der Waals surface area contributed by atoms with E-state index in [2.05, 4.69) is 26.1 Å². The third kappa shape index (κ3) is 5.14. The molecule has 0 atom stereocenters. The van der Waals surface area contributed by atoms with Gasteiger partial charge >= 0.3 is 6.18 Å². The molecule has 5 nitrogen and oxygen atoms in total. The second-order valence-corrected chi connectivity index (χ2v) is 13.4. The Morgan fingerprint density at radius 3 is 1.89 bits per heavy atom. The number of rotatable bonds is 4. The van der Waals surface area contributed by atoms with Gasteiger partial charge in [0.15, 0.2) is 5.69 Å². The quantitative estimate of drug-likeness (QED) is 0.170. The van der Waals surface area contributed by atoms with Gasteiger partial charge < -0.3 is 9.13 Å². The largest absolute Gasteiger partial charge is 0.417 e. The third-order valence-electron chi connectivity index (χ3n) is 10.4. The third-order valence-corrected chi connectivity index (χ3v) is 10.4. The second kappa shape index (κ2) is 12.5. The second-order valence-electron chi connectivity index (χ2n) is 13.4. The standard InChI is InChI=1S/C47H26F3N5/c1-28-9-7-13-38(47(48,49)50)45(28)30-18-21-43(54-39-14-5-4-12-34(39)36-25-32(53-2)19-22-42(36)54)37(24-30)46-31(27-52)10-8-16-44(46)55-40-15-6-3-11-33(40)35-23-29(26-51)17-20-41(35)55/h3-25H,1H3. The minimum absolute atomic E-state index is 0.0589. The molecule has 9 aromatic rings. The highest BCUT2D eigenvalue weighted by Crippen LogP contribution is 2.46. The van der Waals surface area contributed by atoms with Crippen LogP contribution >= 0.6 is 0 Å². The zero-order valence-corrected chi connectivity index (χ0v) is 29.1. The first-order valence-corrected chi connectivity index (χ1v) is 17.4. The van der Waals surface area contributed by atoms with Crippen LogP contribution in [0.1, 0.15) is 22.3 Å². The van der Waals surface area contributed by atoms with Crippen molar-refractivity contribution in [1.82, 2.24) is 9.13 Å². The lowest BCUT2D eigenvalue weighted by molar-refractivity contribution is -0.137. The Morgan fingerprint density at radius 1 is 0.582 bits per heavy atom. The summed E-state index contributed by atoms with van der Waals surface area (Å²) in [5, 5.41) is 24.1. The van der Waals surface area contributed by atoms with Crippen LogP contribution in [0.2, 0.25) is 0 Å². The number of halogens is 3. The summed E-state index contributed by atoms with van der Waals surface area (Å²) in [5.74, 6) is 0. The van der Waals surface area contributed by atoms with Gasteiger partial charge in [0.2, 0.25) is 0 Å². The first kappa shape index (κ1) is 33.3. The molecule has 0 N–H and O–H groups in total. The van der Waals surface area contributed by atoms with Crippen LogP contribution in [0.25, 0.3) is 82.1 Å². The van der Waals surface area contributed by atoms with E-state index in [9.17, 15) is 23.7 Å². The molecule has 0 saturated carbocycles. The molecule has 0 unspecified atom stereocenters. The van der Waals surface area contributed by atoms with E-state index in [4.69, 9.17) is 6.57 Å². The smallest absolute Gasteiger partial charge is 0.309 e. The number of nitrogens with zero attached hydrogens (tertiary/aromatic N) is 5. The molecule has 0 amide bonds. The summed E-state index contributed by atoms with van der Waals surface area (Å²) in [6.07, 6.45) is -4.62. The zero-order chi connectivity index (χ0) is 38.0. The van der Waals surface area contributed by atoms with Crippen LogP contribution in [0.3, 0.4) is 0 Å². The topological polar surface area (TPSA) is 61.8 Å². The van der Waals surface area contributed by atoms with Crippen molar-refractivity contribution >= 4 is 49.3 Å². The van der Waals surface area contributed by atoms with E-state index < -0.39 is 11.7 Å². The van der Waals surface area contributed by atoms with Crippen molar-refractivity contribution in [3.63, 3.8) is 0 Å². The first-order valence-electron chi connectivity index (χ1n) is 17.4. The van der Waals surface area contributed by atoms with Gasteiger partial charge in [-0.1, -0.05) is 66.7 Å². The lowest BCUT2D eigenvalue weighted by Crippen LogP contribution is -2.08. The highest BCUT2D eigenvalue weighted by atomic mass is 19.4. The van der Waals surface area contributed by atoms with Crippen molar-refractivity contribution in [2.24, 2.45) is 0 Å². The molecule has 9 rings (SSSR count). The summed E-state index contributed by atoms with van der Waals surface area (Å²) in [7, 11) is 0. The van der Waals surface area contributed by atoms with Crippen LogP contribution in [0.5, 0.6) is 0 Å². The van der Waals surface area contributed by atoms with Crippen LogP contribution in [0.4, 0.5) is 18.9 Å². The highest BCUT2D eigenvalue weighted by molar-refractivity contribution is 6.12. The molecule has 0 spiro atoms. The molecule has 8 heteroatoms. The van der Waals surface area contributed by atoms with Crippen molar-refractivity contribution in [3.8, 4) is 45.8 Å². The monoisotopic (exact) mass is 717 g/mol. The Kier molecular flexibility index (Phi) is 7.57. The van der Waals surface area contributed by atoms with Gasteiger partial charge in [-0.25, -0.2) is 4.85 Å². The van der Waals surface area contributed by atoms with Gasteiger partial charge in [-0.3, -0.25) is 0 Å². The molecular formula is C47H26F3N5. The Bertz CT molecular complexity index is 3200. The van der Waals surface area contributed by atoms with E-state index >= 15 is 0 Å². The normalized spacial score (nSPS) is 11.6. The lowest BCUT2D eigenvalue weighted by Gasteiger charge is -2.22. The van der Waals surface area contributed by atoms with Crippen LogP contribution in [-0.2, 0) is 6.18 Å². The van der Waals surface area contributed by atoms with Crippen molar-refractivity contribution in [2.45, 2.75) is 13.1 Å². The molecular weight excluding hydrogens is 692 g/mol. The maximum atomic E-state index is 14.7. The van der Waals surface area contributed by atoms with Crippen LogP contribution in [0.15, 0.2) is 140 Å². The van der Waals surface area contributed by atoms with E-state index in [1.807, 2.05) is 84.9 Å². The average Bonchev–Trinajstić information content (AvgIpc) is 3.71. The molecule has 0 radical (unpaired) electrons. The number of benzene rings is 7. The summed E-state index contributed by atoms with van der Waals surface area (Å²) < 4.78 is 48.2. The summed E-state index contributed by atoms with van der Waals surface area (Å²) in [4.78, 5) is 3.67. The number of aryl methyl sites for hydroxylation is 1. The molecule has 0 fully saturated rings. The molecule has 0 bridgehead atoms. The summed E-state index contributed by atoms with van der Waals surface area (Å²) in [6.45, 7) is 9.36. The van der Waals surface area contributed by atoms with Crippen LogP contribution in [0, 0.1) is 36.2 Å². The Balaban J connectivity index is 1.46. The Hall–Kier alpha value is -7.60.